The lowest BCUT2D eigenvalue weighted by atomic mass is 10.2. The van der Waals surface area contributed by atoms with Gasteiger partial charge in [-0.05, 0) is 11.6 Å². The maximum Gasteiger partial charge on any atom is 0.304 e. The zero-order chi connectivity index (χ0) is 13.1. The number of hydrogen-bond donors (Lipinski definition) is 1. The van der Waals surface area contributed by atoms with Gasteiger partial charge in [0.1, 0.15) is 12.9 Å². The highest BCUT2D eigenvalue weighted by atomic mass is 19.1. The van der Waals surface area contributed by atoms with Crippen LogP contribution in [0.2, 0.25) is 0 Å². The minimum atomic E-state index is -0.900. The van der Waals surface area contributed by atoms with Gasteiger partial charge >= 0.3 is 5.69 Å². The van der Waals surface area contributed by atoms with Crippen LogP contribution in [0.3, 0.4) is 0 Å². The van der Waals surface area contributed by atoms with Crippen molar-refractivity contribution in [1.29, 1.82) is 0 Å². The molecule has 0 bridgehead atoms. The van der Waals surface area contributed by atoms with Crippen LogP contribution in [-0.4, -0.2) is 24.8 Å². The van der Waals surface area contributed by atoms with Gasteiger partial charge in [-0.15, -0.1) is 0 Å². The molecule has 0 radical (unpaired) electrons. The average Bonchev–Trinajstić information content (AvgIpc) is 2.76. The van der Waals surface area contributed by atoms with Crippen LogP contribution in [0.25, 0.3) is 0 Å². The van der Waals surface area contributed by atoms with Gasteiger partial charge in [0.2, 0.25) is 5.82 Å². The molecule has 1 aromatic heterocycles. The summed E-state index contributed by atoms with van der Waals surface area (Å²) >= 11 is 0. The van der Waals surface area contributed by atoms with E-state index in [1.165, 1.54) is 17.1 Å². The maximum atomic E-state index is 13.4. The van der Waals surface area contributed by atoms with Crippen molar-refractivity contribution in [3.8, 4) is 0 Å². The van der Waals surface area contributed by atoms with E-state index >= 15 is 0 Å². The molecule has 8 heteroatoms. The highest BCUT2D eigenvalue weighted by Crippen LogP contribution is 2.18. The van der Waals surface area contributed by atoms with Crippen LogP contribution >= 0.6 is 0 Å². The number of benzene rings is 1. The summed E-state index contributed by atoms with van der Waals surface area (Å²) in [5.74, 6) is -0.558. The lowest BCUT2D eigenvalue weighted by molar-refractivity contribution is -0.387. The Bertz CT molecular complexity index is 584. The monoisotopic (exact) mass is 252 g/mol. The van der Waals surface area contributed by atoms with Crippen LogP contribution in [0.5, 0.6) is 0 Å². The van der Waals surface area contributed by atoms with Crippen molar-refractivity contribution in [2.45, 2.75) is 13.2 Å². The van der Waals surface area contributed by atoms with Gasteiger partial charge in [0, 0.05) is 6.07 Å². The molecule has 94 valence electrons. The molecule has 18 heavy (non-hydrogen) atoms. The molecule has 0 unspecified atom stereocenters. The van der Waals surface area contributed by atoms with Crippen molar-refractivity contribution >= 4 is 5.69 Å². The molecule has 0 aliphatic rings. The molecule has 1 N–H and O–H groups in total. The second-order valence-corrected chi connectivity index (χ2v) is 3.53. The molecule has 0 aliphatic carbocycles. The average molecular weight is 252 g/mol. The van der Waals surface area contributed by atoms with Crippen LogP contribution in [0.15, 0.2) is 24.5 Å². The lowest BCUT2D eigenvalue weighted by Crippen LogP contribution is -2.07. The summed E-state index contributed by atoms with van der Waals surface area (Å²) < 4.78 is 14.8. The Kier molecular flexibility index (Phi) is 3.28. The summed E-state index contributed by atoms with van der Waals surface area (Å²) in [7, 11) is 0. The van der Waals surface area contributed by atoms with Gasteiger partial charge in [-0.2, -0.15) is 9.49 Å². The second-order valence-electron chi connectivity index (χ2n) is 3.53. The Balaban J connectivity index is 2.25. The highest BCUT2D eigenvalue weighted by molar-refractivity contribution is 5.35. The molecular weight excluding hydrogens is 243 g/mol. The molecule has 0 amide bonds. The number of nitro benzene ring substituents is 1. The van der Waals surface area contributed by atoms with Gasteiger partial charge in [-0.25, -0.2) is 9.67 Å². The summed E-state index contributed by atoms with van der Waals surface area (Å²) in [6.07, 6.45) is 1.27. The molecular formula is C10H9FN4O3. The molecule has 0 fully saturated rings. The molecule has 1 aromatic carbocycles. The van der Waals surface area contributed by atoms with Crippen molar-refractivity contribution in [2.24, 2.45) is 0 Å². The minimum Gasteiger partial charge on any atom is -0.388 e. The summed E-state index contributed by atoms with van der Waals surface area (Å²) in [6.45, 7) is -0.0970. The van der Waals surface area contributed by atoms with Gasteiger partial charge < -0.3 is 5.11 Å². The number of aromatic nitrogens is 3. The van der Waals surface area contributed by atoms with E-state index < -0.39 is 16.4 Å². The van der Waals surface area contributed by atoms with Crippen LogP contribution in [0.4, 0.5) is 10.1 Å². The highest BCUT2D eigenvalue weighted by Gasteiger charge is 2.14. The first-order valence-electron chi connectivity index (χ1n) is 5.02. The Morgan fingerprint density at radius 1 is 1.50 bits per heavy atom. The van der Waals surface area contributed by atoms with Crippen LogP contribution in [-0.2, 0) is 13.2 Å². The molecule has 7 nitrogen and oxygen atoms in total. The number of aliphatic hydroxyl groups excluding tert-OH is 1. The predicted octanol–water partition coefficient (Wildman–Crippen LogP) is 0.866. The second kappa shape index (κ2) is 4.88. The van der Waals surface area contributed by atoms with E-state index in [-0.39, 0.29) is 13.2 Å². The smallest absolute Gasteiger partial charge is 0.304 e. The molecule has 0 spiro atoms. The van der Waals surface area contributed by atoms with Crippen molar-refractivity contribution in [3.63, 3.8) is 0 Å². The summed E-state index contributed by atoms with van der Waals surface area (Å²) in [5.41, 5.74) is -0.0713. The fourth-order valence-electron chi connectivity index (χ4n) is 1.51. The largest absolute Gasteiger partial charge is 0.388 e. The third kappa shape index (κ3) is 2.33. The molecule has 0 aliphatic heterocycles. The van der Waals surface area contributed by atoms with E-state index in [1.54, 1.807) is 0 Å². The standard InChI is InChI=1S/C10H9FN4O3/c11-8-3-7(1-2-9(8)15(17)18)4-14-10(5-16)12-6-13-14/h1-3,6,16H,4-5H2. The SMILES string of the molecule is O=[N+]([O-])c1ccc(Cn2ncnc2CO)cc1F. The Morgan fingerprint density at radius 2 is 2.28 bits per heavy atom. The van der Waals surface area contributed by atoms with E-state index in [2.05, 4.69) is 10.1 Å². The quantitative estimate of drug-likeness (QED) is 0.643. The molecule has 0 atom stereocenters. The maximum absolute atomic E-state index is 13.4. The third-order valence-corrected chi connectivity index (χ3v) is 2.38. The Labute approximate surface area is 101 Å². The van der Waals surface area contributed by atoms with Crippen molar-refractivity contribution < 1.29 is 14.4 Å². The van der Waals surface area contributed by atoms with Gasteiger partial charge in [0.25, 0.3) is 0 Å². The molecule has 0 saturated heterocycles. The van der Waals surface area contributed by atoms with Crippen molar-refractivity contribution in [1.82, 2.24) is 14.8 Å². The van der Waals surface area contributed by atoms with E-state index in [9.17, 15) is 14.5 Å². The first-order chi connectivity index (χ1) is 8.61. The first-order valence-corrected chi connectivity index (χ1v) is 5.02. The zero-order valence-electron chi connectivity index (χ0n) is 9.15. The van der Waals surface area contributed by atoms with E-state index in [0.717, 1.165) is 12.1 Å². The van der Waals surface area contributed by atoms with E-state index in [1.807, 2.05) is 0 Å². The Hall–Kier alpha value is -2.35. The normalized spacial score (nSPS) is 10.6. The Morgan fingerprint density at radius 3 is 2.89 bits per heavy atom. The molecule has 0 saturated carbocycles. The van der Waals surface area contributed by atoms with E-state index in [0.29, 0.717) is 11.4 Å². The zero-order valence-corrected chi connectivity index (χ0v) is 9.15. The van der Waals surface area contributed by atoms with Crippen LogP contribution in [0.1, 0.15) is 11.4 Å². The van der Waals surface area contributed by atoms with Gasteiger partial charge in [-0.3, -0.25) is 10.1 Å². The topological polar surface area (TPSA) is 94.1 Å². The van der Waals surface area contributed by atoms with Crippen LogP contribution < -0.4 is 0 Å². The molecule has 1 heterocycles. The molecule has 2 aromatic rings. The number of rotatable bonds is 4. The lowest BCUT2D eigenvalue weighted by Gasteiger charge is -2.04. The fraction of sp³-hybridized carbons (Fsp3) is 0.200. The number of nitrogens with zero attached hydrogens (tertiary/aromatic N) is 4. The number of hydrogen-bond acceptors (Lipinski definition) is 5. The van der Waals surface area contributed by atoms with Gasteiger partial charge in [0.05, 0.1) is 11.5 Å². The summed E-state index contributed by atoms with van der Waals surface area (Å²) in [4.78, 5) is 13.5. The van der Waals surface area contributed by atoms with Gasteiger partial charge in [-0.1, -0.05) is 6.07 Å². The third-order valence-electron chi connectivity index (χ3n) is 2.38. The minimum absolute atomic E-state index is 0.185. The van der Waals surface area contributed by atoms with Crippen molar-refractivity contribution in [3.05, 3.63) is 51.8 Å². The number of aliphatic hydroxyl groups is 1. The fourth-order valence-corrected chi connectivity index (χ4v) is 1.51. The van der Waals surface area contributed by atoms with Crippen molar-refractivity contribution in [2.75, 3.05) is 0 Å². The number of halogens is 1. The predicted molar refractivity (Wildman–Crippen MR) is 58.1 cm³/mol. The van der Waals surface area contributed by atoms with Crippen LogP contribution in [0, 0.1) is 15.9 Å². The number of nitro groups is 1. The molecule has 2 rings (SSSR count). The summed E-state index contributed by atoms with van der Waals surface area (Å²) in [6, 6.07) is 3.60. The van der Waals surface area contributed by atoms with Gasteiger partial charge in [0.15, 0.2) is 5.82 Å². The first kappa shape index (κ1) is 12.1. The summed E-state index contributed by atoms with van der Waals surface area (Å²) in [5, 5.41) is 23.3. The van der Waals surface area contributed by atoms with E-state index in [4.69, 9.17) is 5.11 Å².